The fraction of sp³-hybridized carbons (Fsp3) is 0.943. The Labute approximate surface area is 488 Å². The van der Waals surface area contributed by atoms with Crippen LogP contribution in [0.25, 0.3) is 0 Å². The molecule has 0 spiro atoms. The smallest absolute Gasteiger partial charge is 0.157 e. The first-order valence-corrected chi connectivity index (χ1v) is 33.5. The van der Waals surface area contributed by atoms with Gasteiger partial charge in [-0.1, -0.05) is 82.4 Å². The quantitative estimate of drug-likeness (QED) is 0.0786. The molecule has 0 amide bonds. The number of aliphatic hydroxyl groups is 6. The fourth-order valence-electron chi connectivity index (χ4n) is 25.5. The lowest BCUT2D eigenvalue weighted by Crippen LogP contribution is -2.67. The van der Waals surface area contributed by atoms with Crippen LogP contribution in [0.1, 0.15) is 217 Å². The van der Waals surface area contributed by atoms with E-state index in [1.807, 2.05) is 0 Å². The van der Waals surface area contributed by atoms with Crippen molar-refractivity contribution >= 4 is 0 Å². The van der Waals surface area contributed by atoms with Crippen molar-refractivity contribution in [2.45, 2.75) is 235 Å². The highest BCUT2D eigenvalue weighted by molar-refractivity contribution is 5.25. The lowest BCUT2D eigenvalue weighted by atomic mass is 9.32. The maximum Gasteiger partial charge on any atom is 0.157 e. The molecule has 11 fully saturated rings. The zero-order valence-corrected chi connectivity index (χ0v) is 53.0. The van der Waals surface area contributed by atoms with Gasteiger partial charge in [-0.3, -0.25) is 0 Å². The molecule has 0 aromatic rings. The van der Waals surface area contributed by atoms with Gasteiger partial charge in [0.2, 0.25) is 0 Å². The van der Waals surface area contributed by atoms with E-state index in [1.54, 1.807) is 0 Å². The summed E-state index contributed by atoms with van der Waals surface area (Å²) in [5.41, 5.74) is 4.72. The number of aliphatic hydroxyl groups excluding tert-OH is 6. The monoisotopic (exact) mass is 1120 g/mol. The van der Waals surface area contributed by atoms with Gasteiger partial charge in [-0.25, -0.2) is 0 Å². The van der Waals surface area contributed by atoms with Gasteiger partial charge in [0, 0.05) is 45.5 Å². The molecule has 11 rings (SSSR count). The molecule has 8 N–H and O–H groups in total. The van der Waals surface area contributed by atoms with Gasteiger partial charge in [0.05, 0.1) is 33.0 Å². The van der Waals surface area contributed by atoms with Gasteiger partial charge in [-0.15, -0.1) is 0 Å². The number of ether oxygens (including phenoxy) is 2. The summed E-state index contributed by atoms with van der Waals surface area (Å²) in [7, 11) is 1.00. The fourth-order valence-corrected chi connectivity index (χ4v) is 25.5. The van der Waals surface area contributed by atoms with Crippen LogP contribution in [0.5, 0.6) is 0 Å². The Balaban J connectivity index is 0.000000190. The Morgan fingerprint density at radius 1 is 0.475 bits per heavy atom. The van der Waals surface area contributed by atoms with Crippen molar-refractivity contribution in [1.29, 1.82) is 0 Å². The van der Waals surface area contributed by atoms with E-state index < -0.39 is 0 Å². The van der Waals surface area contributed by atoms with Crippen LogP contribution < -0.4 is 10.6 Å². The largest absolute Gasteiger partial charge is 0.400 e. The normalized spacial score (nSPS) is 49.4. The molecule has 3 unspecified atom stereocenters. The number of hydrogen-bond acceptors (Lipinski definition) is 10. The van der Waals surface area contributed by atoms with Crippen molar-refractivity contribution in [2.75, 3.05) is 66.4 Å². The number of fused-ring (bicyclic) bond motifs is 14. The van der Waals surface area contributed by atoms with Crippen LogP contribution in [-0.4, -0.2) is 115 Å². The molecule has 1 saturated heterocycles. The van der Waals surface area contributed by atoms with Crippen LogP contribution in [0, 0.1) is 113 Å². The molecular formula is C70H122N2O8. The molecule has 80 heavy (non-hydrogen) atoms. The Bertz CT molecular complexity index is 2150. The molecule has 1 heterocycles. The SMILES string of the molecule is C=C(CO)[C@@H]1CC[C@]2(CO)CC[C@]3(C)[C@H](CC[C@@H]4[C@@]5(C)CCC(NCCO)C(C)(C)[C@@H]5CC[C@]43C)[C@@H]12.C=C(CO)[C@@H]1CC[C@]2(COC3CCCCO3)CC[C@]3(C)[C@H](CC[C@@H]4[C@@]5(C)CCC(NCCO)C(C)(C)[C@@H]5CC[C@]43C)[C@@H]12.CO. The predicted octanol–water partition coefficient (Wildman–Crippen LogP) is 12.3. The summed E-state index contributed by atoms with van der Waals surface area (Å²) in [5.74, 6) is 6.00. The number of rotatable bonds is 14. The summed E-state index contributed by atoms with van der Waals surface area (Å²) in [6, 6.07) is 0.980. The van der Waals surface area contributed by atoms with Gasteiger partial charge in [0.25, 0.3) is 0 Å². The molecule has 21 atom stereocenters. The molecule has 10 saturated carbocycles. The highest BCUT2D eigenvalue weighted by Crippen LogP contribution is 2.80. The molecule has 0 bridgehead atoms. The third-order valence-corrected chi connectivity index (χ3v) is 29.8. The molecule has 11 aliphatic rings. The molecule has 460 valence electrons. The van der Waals surface area contributed by atoms with Crippen molar-refractivity contribution in [3.63, 3.8) is 0 Å². The molecule has 0 aromatic heterocycles. The number of hydrogen-bond donors (Lipinski definition) is 8. The summed E-state index contributed by atoms with van der Waals surface area (Å²) < 4.78 is 12.7. The lowest BCUT2D eigenvalue weighted by Gasteiger charge is -2.73. The van der Waals surface area contributed by atoms with Gasteiger partial charge < -0.3 is 50.7 Å². The van der Waals surface area contributed by atoms with Crippen LogP contribution in [-0.2, 0) is 9.47 Å². The average Bonchev–Trinajstić information content (AvgIpc) is 4.13. The molecule has 1 aliphatic heterocycles. The second-order valence-corrected chi connectivity index (χ2v) is 32.5. The molecule has 0 radical (unpaired) electrons. The van der Waals surface area contributed by atoms with E-state index in [1.165, 1.54) is 109 Å². The van der Waals surface area contributed by atoms with Gasteiger partial charge in [0.15, 0.2) is 6.29 Å². The van der Waals surface area contributed by atoms with Crippen molar-refractivity contribution in [3.05, 3.63) is 24.3 Å². The standard InChI is InChI=1S/C37H63NO4.C32H55NO3.CH4O/c1-25(23-40)26-12-17-37(24-42-31-9-7-8-22-41-31)19-18-35(5)27(32(26)37)10-11-29-34(4)15-14-30(38-20-21-39)33(2,3)28(34)13-16-36(29,35)6;1-21(19-35)22-9-14-32(20-36)16-15-30(5)23(27(22)32)7-8-25-29(4)12-11-26(33-17-18-34)28(2,3)24(29)10-13-31(25,30)6;1-2/h26-32,38-40H,1,7-24H2,2-6H3;22-27,33-36H,1,7-20H2,2-6H3;2H,1H3/t26-,27+,28-,29+,30?,31?,32+,34-,35+,36+,37+;22-,23+,24-,25+,26?,27+,29-,30+,31+,32+;/m00./s1. The Kier molecular flexibility index (Phi) is 18.8. The van der Waals surface area contributed by atoms with Gasteiger partial charge in [-0.2, -0.15) is 0 Å². The summed E-state index contributed by atoms with van der Waals surface area (Å²) in [6.45, 7) is 38.9. The molecule has 0 aromatic carbocycles. The summed E-state index contributed by atoms with van der Waals surface area (Å²) in [6.07, 6.45) is 28.4. The maximum atomic E-state index is 10.7. The van der Waals surface area contributed by atoms with Crippen LogP contribution in [0.3, 0.4) is 0 Å². The van der Waals surface area contributed by atoms with Crippen molar-refractivity contribution in [2.24, 2.45) is 113 Å². The first kappa shape index (κ1) is 63.6. The third-order valence-electron chi connectivity index (χ3n) is 29.8. The Morgan fingerprint density at radius 3 is 1.35 bits per heavy atom. The molecular weight excluding hydrogens is 997 g/mol. The van der Waals surface area contributed by atoms with E-state index in [9.17, 15) is 25.5 Å². The average molecular weight is 1120 g/mol. The second-order valence-electron chi connectivity index (χ2n) is 32.5. The van der Waals surface area contributed by atoms with E-state index in [0.29, 0.717) is 106 Å². The van der Waals surface area contributed by atoms with Crippen LogP contribution >= 0.6 is 0 Å². The van der Waals surface area contributed by atoms with E-state index in [0.717, 1.165) is 81.8 Å². The van der Waals surface area contributed by atoms with E-state index in [4.69, 9.17) is 14.6 Å². The minimum Gasteiger partial charge on any atom is -0.400 e. The Hall–Kier alpha value is -0.920. The topological polar surface area (TPSA) is 164 Å². The Morgan fingerprint density at radius 2 is 0.925 bits per heavy atom. The number of nitrogens with one attached hydrogen (secondary N) is 2. The van der Waals surface area contributed by atoms with Gasteiger partial charge in [0.1, 0.15) is 0 Å². The molecule has 10 nitrogen and oxygen atoms in total. The van der Waals surface area contributed by atoms with Gasteiger partial charge >= 0.3 is 0 Å². The highest BCUT2D eigenvalue weighted by atomic mass is 16.7. The van der Waals surface area contributed by atoms with Crippen LogP contribution in [0.4, 0.5) is 0 Å². The first-order valence-electron chi connectivity index (χ1n) is 33.5. The van der Waals surface area contributed by atoms with Gasteiger partial charge in [-0.05, 0) is 272 Å². The van der Waals surface area contributed by atoms with Crippen molar-refractivity contribution < 1.29 is 40.1 Å². The minimum absolute atomic E-state index is 0.0315. The van der Waals surface area contributed by atoms with Crippen LogP contribution in [0.15, 0.2) is 24.3 Å². The summed E-state index contributed by atoms with van der Waals surface area (Å²) >= 11 is 0. The van der Waals surface area contributed by atoms with E-state index in [-0.39, 0.29) is 59.8 Å². The van der Waals surface area contributed by atoms with Crippen molar-refractivity contribution in [1.82, 2.24) is 10.6 Å². The van der Waals surface area contributed by atoms with Crippen LogP contribution in [0.2, 0.25) is 0 Å². The highest BCUT2D eigenvalue weighted by Gasteiger charge is 2.73. The predicted molar refractivity (Wildman–Crippen MR) is 323 cm³/mol. The maximum absolute atomic E-state index is 10.7. The lowest BCUT2D eigenvalue weighted by molar-refractivity contribution is -0.250. The third kappa shape index (κ3) is 9.73. The first-order chi connectivity index (χ1) is 37.9. The van der Waals surface area contributed by atoms with Crippen molar-refractivity contribution in [3.8, 4) is 0 Å². The zero-order chi connectivity index (χ0) is 58.1. The second kappa shape index (κ2) is 23.6. The molecule has 10 aliphatic carbocycles. The van der Waals surface area contributed by atoms with E-state index in [2.05, 4.69) is 93.0 Å². The van der Waals surface area contributed by atoms with E-state index >= 15 is 0 Å². The minimum atomic E-state index is -0.0315. The summed E-state index contributed by atoms with van der Waals surface area (Å²) in [4.78, 5) is 0. The summed E-state index contributed by atoms with van der Waals surface area (Å²) in [5, 5.41) is 64.5. The zero-order valence-electron chi connectivity index (χ0n) is 53.0. The molecule has 10 heteroatoms.